The van der Waals surface area contributed by atoms with Gasteiger partial charge in [-0.1, -0.05) is 30.3 Å². The molecule has 1 aliphatic rings. The number of carbonyl (C=O) groups is 2. The van der Waals surface area contributed by atoms with Crippen molar-refractivity contribution in [3.8, 4) is 11.5 Å². The third kappa shape index (κ3) is 9.68. The van der Waals surface area contributed by atoms with Gasteiger partial charge >= 0.3 is 13.7 Å². The number of carbonyl (C=O) groups excluding carboxylic acids is 2. The van der Waals surface area contributed by atoms with E-state index in [1.807, 2.05) is 12.3 Å². The summed E-state index contributed by atoms with van der Waals surface area (Å²) in [4.78, 5) is 25.1. The molecule has 0 radical (unpaired) electrons. The molecule has 42 heavy (non-hydrogen) atoms. The van der Waals surface area contributed by atoms with Crippen molar-refractivity contribution in [1.29, 1.82) is 0 Å². The number of rotatable bonds is 15. The van der Waals surface area contributed by atoms with E-state index >= 15 is 0 Å². The maximum Gasteiger partial charge on any atom is 0.459 e. The third-order valence-electron chi connectivity index (χ3n) is 6.22. The molecule has 2 aromatic rings. The second-order valence-corrected chi connectivity index (χ2v) is 12.0. The number of hydrogen-bond acceptors (Lipinski definition) is 12. The van der Waals surface area contributed by atoms with Crippen LogP contribution in [0, 0.1) is 0 Å². The Morgan fingerprint density at radius 1 is 1.10 bits per heavy atom. The molecule has 1 heterocycles. The van der Waals surface area contributed by atoms with Crippen molar-refractivity contribution in [3.63, 3.8) is 0 Å². The topological polar surface area (TPSA) is 182 Å². The van der Waals surface area contributed by atoms with E-state index in [4.69, 9.17) is 23.3 Å². The van der Waals surface area contributed by atoms with Crippen molar-refractivity contribution >= 4 is 31.4 Å². The van der Waals surface area contributed by atoms with Crippen molar-refractivity contribution in [2.24, 2.45) is 0 Å². The summed E-state index contributed by atoms with van der Waals surface area (Å²) in [5.41, 5.74) is 0.746. The summed E-state index contributed by atoms with van der Waals surface area (Å²) < 4.78 is 41.9. The van der Waals surface area contributed by atoms with Gasteiger partial charge in [0.15, 0.2) is 6.29 Å². The van der Waals surface area contributed by atoms with Gasteiger partial charge in [-0.15, -0.1) is 0 Å². The number of nitrogens with one attached hydrogen (secondary N) is 2. The highest BCUT2D eigenvalue weighted by atomic mass is 32.2. The van der Waals surface area contributed by atoms with Gasteiger partial charge in [0.05, 0.1) is 13.7 Å². The first-order valence-electron chi connectivity index (χ1n) is 13.1. The van der Waals surface area contributed by atoms with E-state index in [1.54, 1.807) is 36.4 Å². The number of aliphatic hydroxyl groups is 3. The molecule has 2 aromatic carbocycles. The molecule has 1 fully saturated rings. The monoisotopic (exact) mass is 628 g/mol. The van der Waals surface area contributed by atoms with E-state index in [0.717, 1.165) is 5.56 Å². The van der Waals surface area contributed by atoms with Crippen molar-refractivity contribution in [2.75, 3.05) is 25.7 Å². The van der Waals surface area contributed by atoms with Crippen molar-refractivity contribution in [3.05, 3.63) is 60.2 Å². The first-order chi connectivity index (χ1) is 20.1. The zero-order chi connectivity index (χ0) is 30.7. The van der Waals surface area contributed by atoms with Crippen molar-refractivity contribution in [2.45, 2.75) is 56.6 Å². The number of methoxy groups -OCH3 is 1. The largest absolute Gasteiger partial charge is 0.497 e. The van der Waals surface area contributed by atoms with Gasteiger partial charge in [0, 0.05) is 6.92 Å². The molecule has 7 atom stereocenters. The van der Waals surface area contributed by atoms with Crippen LogP contribution in [0.4, 0.5) is 0 Å². The van der Waals surface area contributed by atoms with Gasteiger partial charge in [-0.25, -0.2) is 4.57 Å². The summed E-state index contributed by atoms with van der Waals surface area (Å²) in [6, 6.07) is 12.4. The van der Waals surface area contributed by atoms with Crippen LogP contribution in [0.1, 0.15) is 18.9 Å². The first-order valence-corrected chi connectivity index (χ1v) is 16.0. The zero-order valence-electron chi connectivity index (χ0n) is 23.5. The second kappa shape index (κ2) is 16.2. The molecule has 3 rings (SSSR count). The second-order valence-electron chi connectivity index (χ2n) is 9.36. The average Bonchev–Trinajstić information content (AvgIpc) is 2.98. The maximum absolute atomic E-state index is 14.4. The van der Waals surface area contributed by atoms with E-state index in [9.17, 15) is 29.5 Å². The van der Waals surface area contributed by atoms with Gasteiger partial charge in [0.1, 0.15) is 48.5 Å². The lowest BCUT2D eigenvalue weighted by Gasteiger charge is -2.43. The summed E-state index contributed by atoms with van der Waals surface area (Å²) in [6.07, 6.45) is -4.35. The van der Waals surface area contributed by atoms with E-state index in [1.165, 1.54) is 37.9 Å². The summed E-state index contributed by atoms with van der Waals surface area (Å²) in [7, 11) is -3.15. The summed E-state index contributed by atoms with van der Waals surface area (Å²) in [5.74, 6) is -0.306. The molecular weight excluding hydrogens is 591 g/mol. The van der Waals surface area contributed by atoms with Gasteiger partial charge in [-0.05, 0) is 48.3 Å². The molecule has 0 spiro atoms. The van der Waals surface area contributed by atoms with Crippen LogP contribution in [0.5, 0.6) is 11.5 Å². The van der Waals surface area contributed by atoms with Crippen LogP contribution >= 0.6 is 19.5 Å². The maximum atomic E-state index is 14.4. The van der Waals surface area contributed by atoms with Crippen LogP contribution in [0.2, 0.25) is 0 Å². The molecule has 1 saturated heterocycles. The molecule has 0 saturated carbocycles. The zero-order valence-corrected chi connectivity index (χ0v) is 25.2. The Morgan fingerprint density at radius 3 is 2.36 bits per heavy atom. The van der Waals surface area contributed by atoms with Crippen LogP contribution in [-0.2, 0) is 34.8 Å². The standard InChI is InChI=1S/C27H37N2O11PS/c1-17(31)28-23-25(24(32)22(15-30)38-27(23)34)40-41(35,39-20-11-9-19(36-2)10-12-20)29-21(13-14-42-3)26(33)37-16-18-7-5-4-6-8-18/h4-12,21-25,27,30,32,34H,13-16H2,1-3H3,(H,28,31)(H,29,35)/t21-,22+,23+,24+,25+,27?,41?/m0/s1. The smallest absolute Gasteiger partial charge is 0.459 e. The van der Waals surface area contributed by atoms with Gasteiger partial charge in [0.2, 0.25) is 5.91 Å². The first kappa shape index (κ1) is 33.8. The molecule has 1 amide bonds. The summed E-state index contributed by atoms with van der Waals surface area (Å²) in [6.45, 7) is 0.417. The molecule has 5 N–H and O–H groups in total. The lowest BCUT2D eigenvalue weighted by molar-refractivity contribution is -0.250. The predicted molar refractivity (Wildman–Crippen MR) is 154 cm³/mol. The van der Waals surface area contributed by atoms with Crippen LogP contribution in [-0.4, -0.2) is 89.6 Å². The highest BCUT2D eigenvalue weighted by molar-refractivity contribution is 7.98. The number of amides is 1. The predicted octanol–water partition coefficient (Wildman–Crippen LogP) is 1.60. The fourth-order valence-electron chi connectivity index (χ4n) is 4.10. The lowest BCUT2D eigenvalue weighted by Crippen LogP contribution is -2.64. The third-order valence-corrected chi connectivity index (χ3v) is 8.47. The Balaban J connectivity index is 1.94. The van der Waals surface area contributed by atoms with E-state index in [-0.39, 0.29) is 18.8 Å². The van der Waals surface area contributed by atoms with Gasteiger partial charge < -0.3 is 39.4 Å². The van der Waals surface area contributed by atoms with E-state index in [0.29, 0.717) is 11.5 Å². The molecular formula is C27H37N2O11PS. The van der Waals surface area contributed by atoms with Crippen LogP contribution in [0.3, 0.4) is 0 Å². The molecule has 0 aromatic heterocycles. The SMILES string of the molecule is COc1ccc(OP(=O)(N[C@@H](CCSC)C(=O)OCc2ccccc2)O[C@H]2[C@H](O)[C@@H](CO)OC(O)[C@@H]2NC(C)=O)cc1. The Hall–Kier alpha value is -2.68. The minimum absolute atomic E-state index is 0.0325. The number of ether oxygens (including phenoxy) is 3. The molecule has 15 heteroatoms. The number of benzene rings is 2. The van der Waals surface area contributed by atoms with Crippen molar-refractivity contribution in [1.82, 2.24) is 10.4 Å². The fraction of sp³-hybridized carbons (Fsp3) is 0.481. The normalized spacial score (nSPS) is 24.2. The van der Waals surface area contributed by atoms with Crippen LogP contribution in [0.15, 0.2) is 54.6 Å². The number of thioether (sulfide) groups is 1. The highest BCUT2D eigenvalue weighted by Gasteiger charge is 2.50. The molecule has 0 aliphatic carbocycles. The molecule has 2 unspecified atom stereocenters. The minimum atomic E-state index is -4.62. The minimum Gasteiger partial charge on any atom is -0.497 e. The highest BCUT2D eigenvalue weighted by Crippen LogP contribution is 2.48. The number of esters is 1. The summed E-state index contributed by atoms with van der Waals surface area (Å²) in [5, 5.41) is 36.2. The van der Waals surface area contributed by atoms with Gasteiger partial charge in [-0.3, -0.25) is 14.1 Å². The van der Waals surface area contributed by atoms with E-state index < -0.39 is 62.9 Å². The summed E-state index contributed by atoms with van der Waals surface area (Å²) >= 11 is 1.44. The van der Waals surface area contributed by atoms with E-state index in [2.05, 4.69) is 10.4 Å². The quantitative estimate of drug-likeness (QED) is 0.142. The Labute approximate surface area is 248 Å². The molecule has 232 valence electrons. The van der Waals surface area contributed by atoms with Gasteiger partial charge in [0.25, 0.3) is 0 Å². The Morgan fingerprint density at radius 2 is 1.76 bits per heavy atom. The Bertz CT molecular complexity index is 1190. The number of aliphatic hydroxyl groups excluding tert-OH is 3. The average molecular weight is 629 g/mol. The molecule has 0 bridgehead atoms. The van der Waals surface area contributed by atoms with Crippen molar-refractivity contribution < 1.29 is 52.7 Å². The van der Waals surface area contributed by atoms with Crippen LogP contribution in [0.25, 0.3) is 0 Å². The van der Waals surface area contributed by atoms with Crippen LogP contribution < -0.4 is 19.7 Å². The fourth-order valence-corrected chi connectivity index (χ4v) is 6.32. The lowest BCUT2D eigenvalue weighted by atomic mass is 9.97. The number of hydrogen-bond donors (Lipinski definition) is 5. The van der Waals surface area contributed by atoms with Gasteiger partial charge in [-0.2, -0.15) is 16.8 Å². The molecule has 13 nitrogen and oxygen atoms in total. The Kier molecular flexibility index (Phi) is 13.1. The molecule has 1 aliphatic heterocycles.